The number of fused-ring (bicyclic) bond motifs is 1. The predicted molar refractivity (Wildman–Crippen MR) is 70.5 cm³/mol. The molecule has 0 aliphatic heterocycles. The van der Waals surface area contributed by atoms with Gasteiger partial charge in [0.2, 0.25) is 5.91 Å². The molecule has 1 saturated carbocycles. The number of hydrogen-bond acceptors (Lipinski definition) is 4. The molecule has 1 aliphatic carbocycles. The molecule has 96 valence electrons. The average molecular weight is 264 g/mol. The normalized spacial score (nSPS) is 16.9. The zero-order valence-corrected chi connectivity index (χ0v) is 11.0. The Morgan fingerprint density at radius 2 is 2.50 bits per heavy atom. The summed E-state index contributed by atoms with van der Waals surface area (Å²) in [4.78, 5) is 17.2. The van der Waals surface area contributed by atoms with Crippen LogP contribution in [0.15, 0.2) is 17.8 Å². The Labute approximate surface area is 109 Å². The highest BCUT2D eigenvalue weighted by atomic mass is 32.1. The van der Waals surface area contributed by atoms with Crippen LogP contribution in [-0.2, 0) is 11.3 Å². The lowest BCUT2D eigenvalue weighted by Crippen LogP contribution is -2.42. The van der Waals surface area contributed by atoms with E-state index in [4.69, 9.17) is 0 Å². The molecule has 0 bridgehead atoms. The predicted octanol–water partition coefficient (Wildman–Crippen LogP) is 1.15. The lowest BCUT2D eigenvalue weighted by molar-refractivity contribution is -0.122. The summed E-state index contributed by atoms with van der Waals surface area (Å²) in [6.07, 6.45) is 6.22. The first-order chi connectivity index (χ1) is 8.72. The third-order valence-corrected chi connectivity index (χ3v) is 3.82. The van der Waals surface area contributed by atoms with Crippen LogP contribution in [0.1, 0.15) is 25.5 Å². The monoisotopic (exact) mass is 264 g/mol. The number of rotatable bonds is 5. The molecule has 18 heavy (non-hydrogen) atoms. The first-order valence-corrected chi connectivity index (χ1v) is 7.05. The molecule has 2 aromatic rings. The zero-order chi connectivity index (χ0) is 12.5. The largest absolute Gasteiger partial charge is 0.352 e. The maximum Gasteiger partial charge on any atom is 0.237 e. The van der Waals surface area contributed by atoms with Gasteiger partial charge < -0.3 is 10.6 Å². The number of imidazole rings is 1. The molecule has 3 rings (SSSR count). The number of carbonyl (C=O) groups excluding carboxylic acids is 1. The third kappa shape index (κ3) is 2.54. The van der Waals surface area contributed by atoms with E-state index in [-0.39, 0.29) is 11.9 Å². The third-order valence-electron chi connectivity index (χ3n) is 3.05. The molecule has 6 heteroatoms. The highest BCUT2D eigenvalue weighted by Crippen LogP contribution is 2.18. The van der Waals surface area contributed by atoms with Gasteiger partial charge in [0.25, 0.3) is 0 Å². The first kappa shape index (κ1) is 11.7. The Balaban J connectivity index is 1.53. The summed E-state index contributed by atoms with van der Waals surface area (Å²) in [7, 11) is 0. The van der Waals surface area contributed by atoms with Crippen LogP contribution >= 0.6 is 11.3 Å². The number of hydrogen-bond donors (Lipinski definition) is 2. The van der Waals surface area contributed by atoms with Gasteiger partial charge in [0, 0.05) is 30.4 Å². The Kier molecular flexibility index (Phi) is 3.05. The fourth-order valence-corrected chi connectivity index (χ4v) is 2.48. The first-order valence-electron chi connectivity index (χ1n) is 6.17. The molecule has 1 atom stereocenters. The Bertz CT molecular complexity index is 529. The van der Waals surface area contributed by atoms with Gasteiger partial charge in [0.1, 0.15) is 0 Å². The van der Waals surface area contributed by atoms with E-state index in [1.807, 2.05) is 29.1 Å². The minimum absolute atomic E-state index is 0.0820. The lowest BCUT2D eigenvalue weighted by Gasteiger charge is -2.12. The van der Waals surface area contributed by atoms with Gasteiger partial charge in [-0.15, -0.1) is 11.3 Å². The molecule has 1 aliphatic rings. The minimum atomic E-state index is -0.176. The summed E-state index contributed by atoms with van der Waals surface area (Å²) in [5.74, 6) is 0.0820. The molecule has 2 N–H and O–H groups in total. The van der Waals surface area contributed by atoms with Crippen molar-refractivity contribution < 1.29 is 4.79 Å². The number of thiazole rings is 1. The molecular formula is C12H16N4OS. The van der Waals surface area contributed by atoms with Crippen LogP contribution in [0.5, 0.6) is 0 Å². The molecule has 0 spiro atoms. The Hall–Kier alpha value is -1.40. The van der Waals surface area contributed by atoms with Crippen LogP contribution in [0.4, 0.5) is 0 Å². The summed E-state index contributed by atoms with van der Waals surface area (Å²) in [5, 5.41) is 8.19. The minimum Gasteiger partial charge on any atom is -0.352 e. The number of aromatic nitrogens is 2. The second-order valence-electron chi connectivity index (χ2n) is 4.71. The quantitative estimate of drug-likeness (QED) is 0.852. The zero-order valence-electron chi connectivity index (χ0n) is 10.2. The highest BCUT2D eigenvalue weighted by molar-refractivity contribution is 7.15. The van der Waals surface area contributed by atoms with E-state index in [2.05, 4.69) is 15.6 Å². The van der Waals surface area contributed by atoms with E-state index in [0.29, 0.717) is 12.6 Å². The molecule has 5 nitrogen and oxygen atoms in total. The molecule has 1 fully saturated rings. The summed E-state index contributed by atoms with van der Waals surface area (Å²) in [6, 6.07) is 0.241. The van der Waals surface area contributed by atoms with E-state index in [1.165, 1.54) is 0 Å². The van der Waals surface area contributed by atoms with Crippen molar-refractivity contribution in [2.45, 2.75) is 38.4 Å². The van der Waals surface area contributed by atoms with Crippen molar-refractivity contribution in [2.24, 2.45) is 0 Å². The van der Waals surface area contributed by atoms with Crippen LogP contribution in [0, 0.1) is 0 Å². The van der Waals surface area contributed by atoms with Gasteiger partial charge in [-0.25, -0.2) is 4.98 Å². The van der Waals surface area contributed by atoms with Crippen LogP contribution in [0.25, 0.3) is 4.96 Å². The fourth-order valence-electron chi connectivity index (χ4n) is 1.77. The molecule has 0 saturated heterocycles. The van der Waals surface area contributed by atoms with Gasteiger partial charge in [-0.1, -0.05) is 0 Å². The number of amides is 1. The smallest absolute Gasteiger partial charge is 0.237 e. The van der Waals surface area contributed by atoms with E-state index < -0.39 is 0 Å². The topological polar surface area (TPSA) is 58.4 Å². The Morgan fingerprint density at radius 1 is 1.67 bits per heavy atom. The molecule has 0 aromatic carbocycles. The fraction of sp³-hybridized carbons (Fsp3) is 0.500. The maximum absolute atomic E-state index is 11.7. The van der Waals surface area contributed by atoms with Crippen molar-refractivity contribution in [3.8, 4) is 0 Å². The van der Waals surface area contributed by atoms with Crippen LogP contribution in [-0.4, -0.2) is 27.4 Å². The molecule has 2 aromatic heterocycles. The van der Waals surface area contributed by atoms with Gasteiger partial charge in [0.15, 0.2) is 4.96 Å². The SMILES string of the molecule is CC(NCc1cn2ccsc2n1)C(=O)NC1CC1. The van der Waals surface area contributed by atoms with Gasteiger partial charge in [-0.3, -0.25) is 9.20 Å². The van der Waals surface area contributed by atoms with Crippen molar-refractivity contribution in [3.05, 3.63) is 23.5 Å². The van der Waals surface area contributed by atoms with Gasteiger partial charge in [0.05, 0.1) is 11.7 Å². The van der Waals surface area contributed by atoms with Crippen molar-refractivity contribution in [1.82, 2.24) is 20.0 Å². The summed E-state index contributed by atoms with van der Waals surface area (Å²) in [5.41, 5.74) is 0.966. The molecule has 0 radical (unpaired) electrons. The van der Waals surface area contributed by atoms with Crippen LogP contribution in [0.3, 0.4) is 0 Å². The molecule has 1 amide bonds. The maximum atomic E-state index is 11.7. The number of carbonyl (C=O) groups is 1. The van der Waals surface area contributed by atoms with Gasteiger partial charge in [-0.05, 0) is 19.8 Å². The van der Waals surface area contributed by atoms with Crippen molar-refractivity contribution in [2.75, 3.05) is 0 Å². The summed E-state index contributed by atoms with van der Waals surface area (Å²) < 4.78 is 2.00. The highest BCUT2D eigenvalue weighted by Gasteiger charge is 2.25. The number of nitrogens with zero attached hydrogens (tertiary/aromatic N) is 2. The second-order valence-corrected chi connectivity index (χ2v) is 5.58. The van der Waals surface area contributed by atoms with Gasteiger partial charge in [-0.2, -0.15) is 0 Å². The van der Waals surface area contributed by atoms with Crippen LogP contribution < -0.4 is 10.6 Å². The number of nitrogens with one attached hydrogen (secondary N) is 2. The van der Waals surface area contributed by atoms with E-state index in [0.717, 1.165) is 23.5 Å². The van der Waals surface area contributed by atoms with Crippen molar-refractivity contribution >= 4 is 22.2 Å². The summed E-state index contributed by atoms with van der Waals surface area (Å²) >= 11 is 1.61. The lowest BCUT2D eigenvalue weighted by atomic mass is 10.3. The van der Waals surface area contributed by atoms with Crippen molar-refractivity contribution in [1.29, 1.82) is 0 Å². The molecule has 1 unspecified atom stereocenters. The van der Waals surface area contributed by atoms with E-state index >= 15 is 0 Å². The van der Waals surface area contributed by atoms with E-state index in [9.17, 15) is 4.79 Å². The molecular weight excluding hydrogens is 248 g/mol. The Morgan fingerprint density at radius 3 is 3.22 bits per heavy atom. The van der Waals surface area contributed by atoms with Crippen LogP contribution in [0.2, 0.25) is 0 Å². The molecule has 2 heterocycles. The summed E-state index contributed by atoms with van der Waals surface area (Å²) in [6.45, 7) is 2.50. The standard InChI is InChI=1S/C12H16N4OS/c1-8(11(17)14-9-2-3-9)13-6-10-7-16-4-5-18-12(16)15-10/h4-5,7-9,13H,2-3,6H2,1H3,(H,14,17). The average Bonchev–Trinajstić information content (AvgIpc) is 2.90. The van der Waals surface area contributed by atoms with Gasteiger partial charge >= 0.3 is 0 Å². The van der Waals surface area contributed by atoms with Crippen molar-refractivity contribution in [3.63, 3.8) is 0 Å². The second kappa shape index (κ2) is 4.70. The van der Waals surface area contributed by atoms with E-state index in [1.54, 1.807) is 11.3 Å².